The van der Waals surface area contributed by atoms with Crippen molar-refractivity contribution in [3.63, 3.8) is 0 Å². The van der Waals surface area contributed by atoms with E-state index in [1.54, 1.807) is 7.05 Å². The minimum absolute atomic E-state index is 0.160. The number of rotatable bonds is 3. The lowest BCUT2D eigenvalue weighted by atomic mass is 9.96. The fourth-order valence-corrected chi connectivity index (χ4v) is 3.82. The highest BCUT2D eigenvalue weighted by atomic mass is 16.5. The van der Waals surface area contributed by atoms with E-state index in [2.05, 4.69) is 42.9 Å². The first kappa shape index (κ1) is 18.0. The maximum absolute atomic E-state index is 12.6. The highest BCUT2D eigenvalue weighted by Crippen LogP contribution is 2.24. The Hall–Kier alpha value is -1.30. The van der Waals surface area contributed by atoms with Gasteiger partial charge in [0.2, 0.25) is 5.91 Å². The monoisotopic (exact) mass is 324 g/mol. The summed E-state index contributed by atoms with van der Waals surface area (Å²) < 4.78 is 5.76. The van der Waals surface area contributed by atoms with Crippen molar-refractivity contribution in [2.75, 3.05) is 33.3 Å². The van der Waals surface area contributed by atoms with Crippen molar-refractivity contribution in [3.05, 3.63) is 0 Å². The number of nitrogens with one attached hydrogen (secondary N) is 1. The summed E-state index contributed by atoms with van der Waals surface area (Å²) in [6, 6.07) is 0.213. The molecule has 0 bridgehead atoms. The maximum atomic E-state index is 12.6. The second kappa shape index (κ2) is 7.51. The quantitative estimate of drug-likeness (QED) is 0.631. The number of nitrogens with zero attached hydrogens (tertiary/aromatic N) is 3. The van der Waals surface area contributed by atoms with E-state index in [0.717, 1.165) is 38.5 Å². The summed E-state index contributed by atoms with van der Waals surface area (Å²) in [5.74, 6) is 0.956. The molecule has 0 aromatic heterocycles. The molecule has 2 aliphatic rings. The normalized spacial score (nSPS) is 25.9. The minimum Gasteiger partial charge on any atom is -0.376 e. The number of hydrogen-bond acceptors (Lipinski definition) is 3. The number of carbonyl (C=O) groups is 1. The number of hydrogen-bond donors (Lipinski definition) is 1. The Labute approximate surface area is 140 Å². The highest BCUT2D eigenvalue weighted by molar-refractivity contribution is 5.88. The Morgan fingerprint density at radius 1 is 1.43 bits per heavy atom. The van der Waals surface area contributed by atoms with E-state index >= 15 is 0 Å². The standard InChI is InChI=1S/C17H32N4O2/c1-13(2)21-15(22)11-20(12-17(21,3)4)16(18-5)19-10-14-8-6-7-9-23-14/h13-14H,6-12H2,1-5H3,(H,18,19). The van der Waals surface area contributed by atoms with E-state index in [1.165, 1.54) is 6.42 Å². The average Bonchev–Trinajstić information content (AvgIpc) is 2.46. The second-order valence-electron chi connectivity index (χ2n) is 7.44. The Kier molecular flexibility index (Phi) is 5.89. The van der Waals surface area contributed by atoms with Crippen molar-refractivity contribution in [3.8, 4) is 0 Å². The molecule has 0 aliphatic carbocycles. The van der Waals surface area contributed by atoms with E-state index in [-0.39, 0.29) is 23.6 Å². The van der Waals surface area contributed by atoms with Crippen LogP contribution in [0.1, 0.15) is 47.0 Å². The smallest absolute Gasteiger partial charge is 0.242 e. The summed E-state index contributed by atoms with van der Waals surface area (Å²) in [7, 11) is 1.77. The third-order valence-electron chi connectivity index (χ3n) is 4.61. The second-order valence-corrected chi connectivity index (χ2v) is 7.44. The molecule has 1 N–H and O–H groups in total. The molecule has 2 saturated heterocycles. The van der Waals surface area contributed by atoms with Gasteiger partial charge in [0.15, 0.2) is 5.96 Å². The van der Waals surface area contributed by atoms with E-state index < -0.39 is 0 Å². The van der Waals surface area contributed by atoms with Gasteiger partial charge in [-0.2, -0.15) is 0 Å². The molecule has 2 fully saturated rings. The molecule has 0 aromatic carbocycles. The lowest BCUT2D eigenvalue weighted by molar-refractivity contribution is -0.145. The molecule has 0 saturated carbocycles. The molecule has 1 atom stereocenters. The molecule has 0 spiro atoms. The highest BCUT2D eigenvalue weighted by Gasteiger charge is 2.40. The van der Waals surface area contributed by atoms with Gasteiger partial charge in [-0.25, -0.2) is 0 Å². The average molecular weight is 324 g/mol. The van der Waals surface area contributed by atoms with Crippen molar-refractivity contribution in [2.24, 2.45) is 4.99 Å². The molecule has 2 heterocycles. The number of amides is 1. The van der Waals surface area contributed by atoms with Gasteiger partial charge in [0.25, 0.3) is 0 Å². The molecule has 1 amide bonds. The van der Waals surface area contributed by atoms with Gasteiger partial charge >= 0.3 is 0 Å². The van der Waals surface area contributed by atoms with Crippen LogP contribution in [0.4, 0.5) is 0 Å². The minimum atomic E-state index is -0.206. The van der Waals surface area contributed by atoms with Crippen molar-refractivity contribution < 1.29 is 9.53 Å². The Morgan fingerprint density at radius 3 is 2.70 bits per heavy atom. The lowest BCUT2D eigenvalue weighted by Crippen LogP contribution is -2.66. The van der Waals surface area contributed by atoms with E-state index in [9.17, 15) is 4.79 Å². The van der Waals surface area contributed by atoms with Crippen molar-refractivity contribution >= 4 is 11.9 Å². The van der Waals surface area contributed by atoms with Gasteiger partial charge in [-0.05, 0) is 47.0 Å². The summed E-state index contributed by atoms with van der Waals surface area (Å²) in [6.45, 7) is 11.2. The molecule has 0 radical (unpaired) electrons. The third-order valence-corrected chi connectivity index (χ3v) is 4.61. The molecule has 2 aliphatic heterocycles. The molecule has 1 unspecified atom stereocenters. The molecule has 0 aromatic rings. The Bertz CT molecular complexity index is 442. The molecule has 6 nitrogen and oxygen atoms in total. The van der Waals surface area contributed by atoms with Crippen LogP contribution in [0.3, 0.4) is 0 Å². The van der Waals surface area contributed by atoms with Gasteiger partial charge < -0.3 is 19.9 Å². The van der Waals surface area contributed by atoms with Crippen LogP contribution in [-0.2, 0) is 9.53 Å². The van der Waals surface area contributed by atoms with Gasteiger partial charge in [-0.15, -0.1) is 0 Å². The van der Waals surface area contributed by atoms with Crippen LogP contribution < -0.4 is 5.32 Å². The maximum Gasteiger partial charge on any atom is 0.242 e. The van der Waals surface area contributed by atoms with Crippen LogP contribution >= 0.6 is 0 Å². The predicted octanol–water partition coefficient (Wildman–Crippen LogP) is 1.46. The Balaban J connectivity index is 1.97. The number of carbonyl (C=O) groups excluding carboxylic acids is 1. The van der Waals surface area contributed by atoms with Crippen molar-refractivity contribution in [2.45, 2.75) is 64.6 Å². The summed E-state index contributed by atoms with van der Waals surface area (Å²) in [5.41, 5.74) is -0.206. The molecular formula is C17H32N4O2. The van der Waals surface area contributed by atoms with Crippen LogP contribution in [0.15, 0.2) is 4.99 Å². The number of guanidine groups is 1. The zero-order valence-corrected chi connectivity index (χ0v) is 15.3. The number of aliphatic imine (C=N–C) groups is 1. The predicted molar refractivity (Wildman–Crippen MR) is 92.6 cm³/mol. The first-order valence-corrected chi connectivity index (χ1v) is 8.74. The van der Waals surface area contributed by atoms with Crippen LogP contribution in [0, 0.1) is 0 Å². The van der Waals surface area contributed by atoms with Crippen LogP contribution in [0.2, 0.25) is 0 Å². The van der Waals surface area contributed by atoms with Gasteiger partial charge in [0, 0.05) is 32.8 Å². The van der Waals surface area contributed by atoms with Crippen LogP contribution in [0.5, 0.6) is 0 Å². The summed E-state index contributed by atoms with van der Waals surface area (Å²) in [5, 5.41) is 3.39. The van der Waals surface area contributed by atoms with E-state index in [4.69, 9.17) is 4.74 Å². The van der Waals surface area contributed by atoms with Gasteiger partial charge in [-0.3, -0.25) is 9.79 Å². The summed E-state index contributed by atoms with van der Waals surface area (Å²) >= 11 is 0. The molecule has 6 heteroatoms. The van der Waals surface area contributed by atoms with Crippen molar-refractivity contribution in [1.82, 2.24) is 15.1 Å². The number of piperazine rings is 1. The molecule has 23 heavy (non-hydrogen) atoms. The largest absolute Gasteiger partial charge is 0.376 e. The summed E-state index contributed by atoms with van der Waals surface area (Å²) in [4.78, 5) is 21.0. The van der Waals surface area contributed by atoms with Gasteiger partial charge in [0.05, 0.1) is 18.2 Å². The first-order chi connectivity index (χ1) is 10.8. The van der Waals surface area contributed by atoms with Crippen molar-refractivity contribution in [1.29, 1.82) is 0 Å². The van der Waals surface area contributed by atoms with Gasteiger partial charge in [0.1, 0.15) is 0 Å². The molecular weight excluding hydrogens is 292 g/mol. The zero-order valence-electron chi connectivity index (χ0n) is 15.3. The topological polar surface area (TPSA) is 57.2 Å². The fourth-order valence-electron chi connectivity index (χ4n) is 3.82. The van der Waals surface area contributed by atoms with E-state index in [1.807, 2.05) is 4.90 Å². The SMILES string of the molecule is CN=C(NCC1CCCCO1)N1CC(=O)N(C(C)C)C(C)(C)C1. The van der Waals surface area contributed by atoms with E-state index in [0.29, 0.717) is 6.54 Å². The molecule has 132 valence electrons. The number of ether oxygens (including phenoxy) is 1. The molecule has 2 rings (SSSR count). The summed E-state index contributed by atoms with van der Waals surface area (Å²) in [6.07, 6.45) is 3.73. The third kappa shape index (κ3) is 4.37. The van der Waals surface area contributed by atoms with Crippen LogP contribution in [-0.4, -0.2) is 72.6 Å². The Morgan fingerprint density at radius 2 is 2.17 bits per heavy atom. The zero-order chi connectivity index (χ0) is 17.0. The fraction of sp³-hybridized carbons (Fsp3) is 0.882. The van der Waals surface area contributed by atoms with Gasteiger partial charge in [-0.1, -0.05) is 0 Å². The lowest BCUT2D eigenvalue weighted by Gasteiger charge is -2.49. The first-order valence-electron chi connectivity index (χ1n) is 8.74. The van der Waals surface area contributed by atoms with Crippen LogP contribution in [0.25, 0.3) is 0 Å².